The van der Waals surface area contributed by atoms with Gasteiger partial charge in [-0.05, 0) is 30.3 Å². The van der Waals surface area contributed by atoms with Crippen LogP contribution in [0.1, 0.15) is 0 Å². The van der Waals surface area contributed by atoms with Crippen molar-refractivity contribution in [3.05, 3.63) is 51.8 Å². The lowest BCUT2D eigenvalue weighted by Crippen LogP contribution is -2.44. The van der Waals surface area contributed by atoms with Crippen LogP contribution in [-0.4, -0.2) is 42.6 Å². The molecule has 0 unspecified atom stereocenters. The molecular weight excluding hydrogens is 316 g/mol. The predicted octanol–water partition coefficient (Wildman–Crippen LogP) is 1.39. The van der Waals surface area contributed by atoms with Crippen molar-refractivity contribution in [1.82, 2.24) is 15.1 Å². The monoisotopic (exact) mass is 334 g/mol. The topological polar surface area (TPSA) is 59.4 Å². The van der Waals surface area contributed by atoms with E-state index in [1.165, 1.54) is 4.68 Å². The summed E-state index contributed by atoms with van der Waals surface area (Å²) < 4.78 is 7.07. The second-order valence-electron chi connectivity index (χ2n) is 5.29. The van der Waals surface area contributed by atoms with Gasteiger partial charge < -0.3 is 15.0 Å². The Morgan fingerprint density at radius 2 is 1.87 bits per heavy atom. The van der Waals surface area contributed by atoms with E-state index in [0.717, 1.165) is 37.7 Å². The standard InChI is InChI=1S/C16H19ClN4O2/c17-13-1-3-14(4-2-13)23-12-11-21-16(22)6-5-15(19-21)20-9-7-18-8-10-20/h1-6,18H,7-12H2. The summed E-state index contributed by atoms with van der Waals surface area (Å²) in [6.07, 6.45) is 0. The quantitative estimate of drug-likeness (QED) is 0.895. The number of piperazine rings is 1. The number of ether oxygens (including phenoxy) is 1. The number of hydrogen-bond donors (Lipinski definition) is 1. The number of rotatable bonds is 5. The Morgan fingerprint density at radius 1 is 1.13 bits per heavy atom. The number of aromatic nitrogens is 2. The maximum atomic E-state index is 11.9. The highest BCUT2D eigenvalue weighted by Crippen LogP contribution is 2.15. The Hall–Kier alpha value is -2.05. The first-order valence-electron chi connectivity index (χ1n) is 7.64. The fraction of sp³-hybridized carbons (Fsp3) is 0.375. The summed E-state index contributed by atoms with van der Waals surface area (Å²) in [5.74, 6) is 1.55. The molecule has 2 heterocycles. The van der Waals surface area contributed by atoms with Crippen molar-refractivity contribution in [2.75, 3.05) is 37.7 Å². The van der Waals surface area contributed by atoms with Crippen LogP contribution in [0.25, 0.3) is 0 Å². The molecule has 1 saturated heterocycles. The highest BCUT2D eigenvalue weighted by Gasteiger charge is 2.12. The van der Waals surface area contributed by atoms with Gasteiger partial charge in [-0.15, -0.1) is 0 Å². The fourth-order valence-electron chi connectivity index (χ4n) is 2.44. The van der Waals surface area contributed by atoms with Crippen LogP contribution < -0.4 is 20.5 Å². The maximum absolute atomic E-state index is 11.9. The smallest absolute Gasteiger partial charge is 0.266 e. The van der Waals surface area contributed by atoms with Crippen LogP contribution in [0.4, 0.5) is 5.82 Å². The first-order valence-corrected chi connectivity index (χ1v) is 8.02. The van der Waals surface area contributed by atoms with Crippen LogP contribution in [-0.2, 0) is 6.54 Å². The molecule has 0 bridgehead atoms. The second-order valence-corrected chi connectivity index (χ2v) is 5.73. The zero-order chi connectivity index (χ0) is 16.1. The van der Waals surface area contributed by atoms with Crippen molar-refractivity contribution in [1.29, 1.82) is 0 Å². The normalized spacial score (nSPS) is 14.7. The lowest BCUT2D eigenvalue weighted by atomic mass is 10.3. The molecule has 0 radical (unpaired) electrons. The molecule has 1 aliphatic rings. The van der Waals surface area contributed by atoms with Crippen molar-refractivity contribution in [3.63, 3.8) is 0 Å². The maximum Gasteiger partial charge on any atom is 0.266 e. The Bertz CT molecular complexity index is 696. The van der Waals surface area contributed by atoms with Gasteiger partial charge in [-0.25, -0.2) is 4.68 Å². The molecule has 1 N–H and O–H groups in total. The summed E-state index contributed by atoms with van der Waals surface area (Å²) in [5, 5.41) is 8.41. The molecular formula is C16H19ClN4O2. The molecule has 1 aromatic carbocycles. The van der Waals surface area contributed by atoms with Gasteiger partial charge in [0.15, 0.2) is 0 Å². The van der Waals surface area contributed by atoms with Crippen molar-refractivity contribution < 1.29 is 4.74 Å². The van der Waals surface area contributed by atoms with Gasteiger partial charge in [-0.3, -0.25) is 4.79 Å². The molecule has 0 saturated carbocycles. The molecule has 122 valence electrons. The Morgan fingerprint density at radius 3 is 2.61 bits per heavy atom. The van der Waals surface area contributed by atoms with E-state index < -0.39 is 0 Å². The molecule has 7 heteroatoms. The van der Waals surface area contributed by atoms with E-state index in [1.54, 1.807) is 36.4 Å². The van der Waals surface area contributed by atoms with E-state index in [-0.39, 0.29) is 5.56 Å². The lowest BCUT2D eigenvalue weighted by molar-refractivity contribution is 0.288. The van der Waals surface area contributed by atoms with E-state index >= 15 is 0 Å². The van der Waals surface area contributed by atoms with Crippen LogP contribution in [0.2, 0.25) is 5.02 Å². The second kappa shape index (κ2) is 7.48. The molecule has 1 aliphatic heterocycles. The lowest BCUT2D eigenvalue weighted by Gasteiger charge is -2.28. The Balaban J connectivity index is 1.62. The summed E-state index contributed by atoms with van der Waals surface area (Å²) >= 11 is 5.83. The molecule has 3 rings (SSSR count). The van der Waals surface area contributed by atoms with Crippen molar-refractivity contribution in [2.45, 2.75) is 6.54 Å². The van der Waals surface area contributed by atoms with Crippen LogP contribution in [0.5, 0.6) is 5.75 Å². The summed E-state index contributed by atoms with van der Waals surface area (Å²) in [6.45, 7) is 4.43. The molecule has 2 aromatic rings. The van der Waals surface area contributed by atoms with E-state index in [0.29, 0.717) is 18.2 Å². The average molecular weight is 335 g/mol. The van der Waals surface area contributed by atoms with E-state index in [9.17, 15) is 4.79 Å². The van der Waals surface area contributed by atoms with Crippen molar-refractivity contribution in [3.8, 4) is 5.75 Å². The largest absolute Gasteiger partial charge is 0.492 e. The Kier molecular flexibility index (Phi) is 5.15. The number of nitrogens with zero attached hydrogens (tertiary/aromatic N) is 3. The predicted molar refractivity (Wildman–Crippen MR) is 90.5 cm³/mol. The first kappa shape index (κ1) is 15.8. The number of anilines is 1. The highest BCUT2D eigenvalue weighted by molar-refractivity contribution is 6.30. The van der Waals surface area contributed by atoms with Gasteiger partial charge in [-0.2, -0.15) is 5.10 Å². The van der Waals surface area contributed by atoms with Gasteiger partial charge in [0.2, 0.25) is 0 Å². The van der Waals surface area contributed by atoms with Crippen molar-refractivity contribution >= 4 is 17.4 Å². The van der Waals surface area contributed by atoms with Gasteiger partial charge in [-0.1, -0.05) is 11.6 Å². The molecule has 0 aliphatic carbocycles. The van der Waals surface area contributed by atoms with E-state index in [1.807, 2.05) is 0 Å². The first-order chi connectivity index (χ1) is 11.2. The van der Waals surface area contributed by atoms with Gasteiger partial charge in [0.05, 0.1) is 6.54 Å². The van der Waals surface area contributed by atoms with Gasteiger partial charge in [0, 0.05) is 37.3 Å². The molecule has 1 fully saturated rings. The van der Waals surface area contributed by atoms with E-state index in [4.69, 9.17) is 16.3 Å². The summed E-state index contributed by atoms with van der Waals surface area (Å²) in [6, 6.07) is 10.5. The minimum absolute atomic E-state index is 0.122. The van der Waals surface area contributed by atoms with Crippen LogP contribution >= 0.6 is 11.6 Å². The van der Waals surface area contributed by atoms with Crippen molar-refractivity contribution in [2.24, 2.45) is 0 Å². The van der Waals surface area contributed by atoms with Gasteiger partial charge >= 0.3 is 0 Å². The van der Waals surface area contributed by atoms with Crippen LogP contribution in [0.15, 0.2) is 41.2 Å². The highest BCUT2D eigenvalue weighted by atomic mass is 35.5. The number of hydrogen-bond acceptors (Lipinski definition) is 5. The zero-order valence-corrected chi connectivity index (χ0v) is 13.5. The minimum atomic E-state index is -0.122. The fourth-order valence-corrected chi connectivity index (χ4v) is 2.57. The molecule has 0 atom stereocenters. The van der Waals surface area contributed by atoms with Crippen LogP contribution in [0.3, 0.4) is 0 Å². The molecule has 0 spiro atoms. The number of benzene rings is 1. The molecule has 6 nitrogen and oxygen atoms in total. The third-order valence-electron chi connectivity index (χ3n) is 3.68. The third-order valence-corrected chi connectivity index (χ3v) is 3.93. The van der Waals surface area contributed by atoms with Gasteiger partial charge in [0.25, 0.3) is 5.56 Å². The summed E-state index contributed by atoms with van der Waals surface area (Å²) in [5.41, 5.74) is -0.122. The summed E-state index contributed by atoms with van der Waals surface area (Å²) in [4.78, 5) is 14.1. The Labute approximate surface area is 139 Å². The number of nitrogens with one attached hydrogen (secondary N) is 1. The molecule has 0 amide bonds. The summed E-state index contributed by atoms with van der Waals surface area (Å²) in [7, 11) is 0. The van der Waals surface area contributed by atoms with Gasteiger partial charge in [0.1, 0.15) is 18.2 Å². The minimum Gasteiger partial charge on any atom is -0.492 e. The van der Waals surface area contributed by atoms with E-state index in [2.05, 4.69) is 15.3 Å². The molecule has 23 heavy (non-hydrogen) atoms. The SMILES string of the molecule is O=c1ccc(N2CCNCC2)nn1CCOc1ccc(Cl)cc1. The average Bonchev–Trinajstić information content (AvgIpc) is 2.59. The van der Waals surface area contributed by atoms with Crippen LogP contribution in [0, 0.1) is 0 Å². The zero-order valence-electron chi connectivity index (χ0n) is 12.7. The number of halogens is 1. The molecule has 1 aromatic heterocycles. The third kappa shape index (κ3) is 4.24.